The van der Waals surface area contributed by atoms with Gasteiger partial charge in [-0.05, 0) is 61.2 Å². The monoisotopic (exact) mass is 595 g/mol. The molecule has 196 valence electrons. The molecule has 39 heavy (non-hydrogen) atoms. The Balaban J connectivity index is 0.00000420. The van der Waals surface area contributed by atoms with Gasteiger partial charge in [0.1, 0.15) is 16.3 Å². The molecule has 0 aliphatic carbocycles. The molecule has 0 radical (unpaired) electrons. The quantitative estimate of drug-likeness (QED) is 0.189. The zero-order valence-corrected chi connectivity index (χ0v) is 25.4. The van der Waals surface area contributed by atoms with Crippen LogP contribution in [0.4, 0.5) is 17.1 Å². The zero-order chi connectivity index (χ0) is 27.6. The topological polar surface area (TPSA) is 140 Å². The summed E-state index contributed by atoms with van der Waals surface area (Å²) in [7, 11) is -4.68. The van der Waals surface area contributed by atoms with Crippen molar-refractivity contribution in [3.8, 4) is 11.5 Å². The van der Waals surface area contributed by atoms with Gasteiger partial charge in [-0.25, -0.2) is 0 Å². The fourth-order valence-corrected chi connectivity index (χ4v) is 4.73. The number of ether oxygens (including phenoxy) is 1. The molecule has 9 nitrogen and oxygen atoms in total. The third-order valence-corrected chi connectivity index (χ3v) is 7.10. The van der Waals surface area contributed by atoms with Gasteiger partial charge >= 0.3 is 29.6 Å². The molecule has 4 rings (SSSR count). The van der Waals surface area contributed by atoms with Gasteiger partial charge in [0.25, 0.3) is 16.0 Å². The predicted octanol–water partition coefficient (Wildman–Crippen LogP) is 3.85. The van der Waals surface area contributed by atoms with Crippen molar-refractivity contribution in [3.05, 3.63) is 81.8 Å². The molecule has 0 aliphatic rings. The summed E-state index contributed by atoms with van der Waals surface area (Å²) >= 11 is 12.2. The van der Waals surface area contributed by atoms with Crippen LogP contribution in [0.5, 0.6) is 11.5 Å². The smallest absolute Gasteiger partial charge is 0.870 e. The molecule has 0 saturated carbocycles. The molecule has 0 saturated heterocycles. The third kappa shape index (κ3) is 6.72. The van der Waals surface area contributed by atoms with Crippen molar-refractivity contribution < 1.29 is 57.2 Å². The van der Waals surface area contributed by atoms with Gasteiger partial charge in [-0.2, -0.15) is 13.5 Å². The first-order valence-corrected chi connectivity index (χ1v) is 13.4. The number of benzene rings is 4. The summed E-state index contributed by atoms with van der Waals surface area (Å²) < 4.78 is 39.0. The molecule has 0 spiro atoms. The van der Waals surface area contributed by atoms with Crippen LogP contribution in [0.15, 0.2) is 75.8 Å². The van der Waals surface area contributed by atoms with Gasteiger partial charge < -0.3 is 15.2 Å². The first-order valence-electron chi connectivity index (χ1n) is 11.2. The van der Waals surface area contributed by atoms with E-state index in [9.17, 15) is 22.9 Å². The van der Waals surface area contributed by atoms with E-state index in [1.54, 1.807) is 43.3 Å². The van der Waals surface area contributed by atoms with E-state index in [1.165, 1.54) is 25.1 Å². The van der Waals surface area contributed by atoms with E-state index in [1.807, 2.05) is 0 Å². The summed E-state index contributed by atoms with van der Waals surface area (Å²) in [6, 6.07) is 15.2. The van der Waals surface area contributed by atoms with E-state index < -0.39 is 26.7 Å². The predicted molar refractivity (Wildman–Crippen MR) is 144 cm³/mol. The normalized spacial score (nSPS) is 11.4. The number of hydrogen-bond acceptors (Lipinski definition) is 7. The van der Waals surface area contributed by atoms with Gasteiger partial charge in [0.15, 0.2) is 0 Å². The maximum Gasteiger partial charge on any atom is 1.00 e. The van der Waals surface area contributed by atoms with Crippen molar-refractivity contribution in [1.29, 1.82) is 0 Å². The summed E-state index contributed by atoms with van der Waals surface area (Å²) in [5, 5.41) is 25.6. The Kier molecular flexibility index (Phi) is 10.0. The van der Waals surface area contributed by atoms with E-state index in [4.69, 9.17) is 27.9 Å². The second-order valence-electron chi connectivity index (χ2n) is 8.04. The Hall–Kier alpha value is -2.70. The van der Waals surface area contributed by atoms with Crippen LogP contribution in [0.3, 0.4) is 0 Å². The number of nitrogens with zero attached hydrogens (tertiary/aromatic N) is 2. The largest absolute Gasteiger partial charge is 1.00 e. The standard InChI is InChI=1S/C26H21Cl2N3O6S.Na/c1-3-37-21-10-8-16(27)13-20(21)29-26(33)18-12-15-6-4-5-7-17(15)24(25(18)32)31-30-23-14(2)19(28)9-11-22(23)38(34,35)36;/h4-13,32H,3H2,1-2H3,(H,29,33)(H,34,35,36);/q;+1/p-1. The molecule has 0 aliphatic heterocycles. The number of nitrogens with one attached hydrogen (secondary N) is 1. The number of azo groups is 1. The summed E-state index contributed by atoms with van der Waals surface area (Å²) in [4.78, 5) is 12.7. The van der Waals surface area contributed by atoms with Crippen molar-refractivity contribution in [2.75, 3.05) is 11.9 Å². The zero-order valence-electron chi connectivity index (χ0n) is 21.0. The first kappa shape index (κ1) is 30.8. The minimum Gasteiger partial charge on any atom is -0.870 e. The second-order valence-corrected chi connectivity index (χ2v) is 10.3. The number of hydrogen-bond donors (Lipinski definition) is 2. The molecule has 1 amide bonds. The van der Waals surface area contributed by atoms with Gasteiger partial charge in [-0.1, -0.05) is 53.2 Å². The van der Waals surface area contributed by atoms with E-state index in [2.05, 4.69) is 15.5 Å². The Morgan fingerprint density at radius 3 is 2.44 bits per heavy atom. The fraction of sp³-hybridized carbons (Fsp3) is 0.115. The summed E-state index contributed by atoms with van der Waals surface area (Å²) in [5.74, 6) is -1.12. The van der Waals surface area contributed by atoms with E-state index in [0.717, 1.165) is 6.07 Å². The Morgan fingerprint density at radius 1 is 1.05 bits per heavy atom. The number of anilines is 1. The number of halogens is 2. The minimum atomic E-state index is -4.68. The summed E-state index contributed by atoms with van der Waals surface area (Å²) in [6.07, 6.45) is 0. The fourth-order valence-electron chi connectivity index (χ4n) is 3.73. The number of carbonyl (C=O) groups is 1. The van der Waals surface area contributed by atoms with E-state index in [0.29, 0.717) is 28.2 Å². The Morgan fingerprint density at radius 2 is 1.74 bits per heavy atom. The molecule has 0 bridgehead atoms. The van der Waals surface area contributed by atoms with Crippen LogP contribution in [-0.4, -0.2) is 25.5 Å². The summed E-state index contributed by atoms with van der Waals surface area (Å²) in [6.45, 7) is 3.62. The van der Waals surface area contributed by atoms with Gasteiger partial charge in [0.05, 0.1) is 18.0 Å². The van der Waals surface area contributed by atoms with Crippen molar-refractivity contribution >= 4 is 67.1 Å². The number of rotatable bonds is 7. The van der Waals surface area contributed by atoms with Crippen LogP contribution in [-0.2, 0) is 10.1 Å². The average Bonchev–Trinajstić information content (AvgIpc) is 2.86. The number of fused-ring (bicyclic) bond motifs is 1. The van der Waals surface area contributed by atoms with E-state index in [-0.39, 0.29) is 62.8 Å². The van der Waals surface area contributed by atoms with E-state index >= 15 is 0 Å². The molecule has 0 atom stereocenters. The van der Waals surface area contributed by atoms with Gasteiger partial charge in [0, 0.05) is 21.0 Å². The summed E-state index contributed by atoms with van der Waals surface area (Å²) in [5.41, 5.74) is -0.186. The van der Waals surface area contributed by atoms with Crippen molar-refractivity contribution in [1.82, 2.24) is 0 Å². The molecule has 0 unspecified atom stereocenters. The van der Waals surface area contributed by atoms with Crippen LogP contribution in [0.2, 0.25) is 10.0 Å². The van der Waals surface area contributed by atoms with Crippen LogP contribution in [0.1, 0.15) is 22.8 Å². The Labute approximate surface area is 256 Å². The van der Waals surface area contributed by atoms with Crippen molar-refractivity contribution in [3.63, 3.8) is 0 Å². The van der Waals surface area contributed by atoms with Gasteiger partial charge in [0.2, 0.25) is 0 Å². The van der Waals surface area contributed by atoms with Crippen LogP contribution < -0.4 is 44.7 Å². The van der Waals surface area contributed by atoms with Gasteiger partial charge in [-0.15, -0.1) is 5.11 Å². The second kappa shape index (κ2) is 12.6. The molecular weight excluding hydrogens is 576 g/mol. The van der Waals surface area contributed by atoms with Crippen LogP contribution in [0.25, 0.3) is 10.8 Å². The average molecular weight is 596 g/mol. The molecule has 4 aromatic rings. The SMILES string of the molecule is CCOc1ccc(Cl)cc1NC(=O)c1cc2ccccc2c(N=Nc2c(S(=O)(=O)O)ccc(Cl)c2C)c1[O-].[Na+]. The Bertz CT molecular complexity index is 1710. The maximum absolute atomic E-state index is 13.5. The molecular formula is C26H20Cl2N3NaO6S. The molecule has 2 N–H and O–H groups in total. The molecule has 13 heteroatoms. The van der Waals surface area contributed by atoms with Crippen molar-refractivity contribution in [2.24, 2.45) is 10.2 Å². The minimum absolute atomic E-state index is 0. The van der Waals surface area contributed by atoms with Crippen LogP contribution >= 0.6 is 23.2 Å². The van der Waals surface area contributed by atoms with Crippen molar-refractivity contribution in [2.45, 2.75) is 18.7 Å². The number of amides is 1. The number of carbonyl (C=O) groups excluding carboxylic acids is 1. The molecule has 0 aromatic heterocycles. The molecule has 4 aromatic carbocycles. The molecule has 0 heterocycles. The van der Waals surface area contributed by atoms with Gasteiger partial charge in [-0.3, -0.25) is 9.35 Å². The maximum atomic E-state index is 13.5. The molecule has 0 fully saturated rings. The third-order valence-electron chi connectivity index (χ3n) is 5.57. The first-order chi connectivity index (χ1) is 18.0. The van der Waals surface area contributed by atoms with Crippen LogP contribution in [0, 0.1) is 6.92 Å².